The Kier molecular flexibility index (Phi) is 4.56. The van der Waals surface area contributed by atoms with Gasteiger partial charge in [-0.1, -0.05) is 11.8 Å². The maximum atomic E-state index is 14.1. The third-order valence-electron chi connectivity index (χ3n) is 4.10. The number of aromatic nitrogens is 2. The van der Waals surface area contributed by atoms with Crippen molar-refractivity contribution in [2.45, 2.75) is 0 Å². The molecule has 4 nitrogen and oxygen atoms in total. The number of amides is 1. The van der Waals surface area contributed by atoms with Crippen molar-refractivity contribution in [2.24, 2.45) is 0 Å². The van der Waals surface area contributed by atoms with Gasteiger partial charge in [-0.15, -0.1) is 0 Å². The Labute approximate surface area is 159 Å². The summed E-state index contributed by atoms with van der Waals surface area (Å²) in [5.41, 5.74) is 2.41. The molecule has 0 aliphatic carbocycles. The predicted molar refractivity (Wildman–Crippen MR) is 103 cm³/mol. The van der Waals surface area contributed by atoms with Crippen LogP contribution in [0.25, 0.3) is 10.9 Å². The van der Waals surface area contributed by atoms with Crippen molar-refractivity contribution < 1.29 is 13.6 Å². The summed E-state index contributed by atoms with van der Waals surface area (Å²) in [7, 11) is 0. The topological polar surface area (TPSA) is 57.8 Å². The van der Waals surface area contributed by atoms with E-state index in [9.17, 15) is 13.6 Å². The van der Waals surface area contributed by atoms with E-state index in [0.717, 1.165) is 16.5 Å². The maximum absolute atomic E-state index is 14.1. The third kappa shape index (κ3) is 3.74. The lowest BCUT2D eigenvalue weighted by atomic mass is 10.1. The van der Waals surface area contributed by atoms with E-state index < -0.39 is 17.5 Å². The number of carbonyl (C=O) groups excluding carboxylic acids is 1. The summed E-state index contributed by atoms with van der Waals surface area (Å²) in [6.07, 6.45) is 1.70. The number of nitrogens with one attached hydrogen (secondary N) is 2. The van der Waals surface area contributed by atoms with E-state index in [1.807, 2.05) is 18.2 Å². The first-order valence-electron chi connectivity index (χ1n) is 8.40. The number of H-pyrrole nitrogens is 1. The highest BCUT2D eigenvalue weighted by atomic mass is 19.1. The van der Waals surface area contributed by atoms with E-state index in [-0.39, 0.29) is 5.56 Å². The number of aromatic amines is 1. The zero-order valence-electron chi connectivity index (χ0n) is 14.5. The smallest absolute Gasteiger partial charge is 0.258 e. The molecule has 2 N–H and O–H groups in total. The number of hydrogen-bond donors (Lipinski definition) is 2. The highest BCUT2D eigenvalue weighted by molar-refractivity contribution is 6.04. The summed E-state index contributed by atoms with van der Waals surface area (Å²) in [5.74, 6) is 4.22. The van der Waals surface area contributed by atoms with E-state index in [0.29, 0.717) is 11.3 Å². The van der Waals surface area contributed by atoms with Crippen molar-refractivity contribution in [3.05, 3.63) is 95.2 Å². The summed E-state index contributed by atoms with van der Waals surface area (Å²) in [5, 5.41) is 10.3. The molecule has 28 heavy (non-hydrogen) atoms. The van der Waals surface area contributed by atoms with Crippen LogP contribution in [0.1, 0.15) is 21.5 Å². The second kappa shape index (κ2) is 7.33. The minimum atomic E-state index is -0.662. The number of benzene rings is 3. The molecule has 0 fully saturated rings. The largest absolute Gasteiger partial charge is 0.322 e. The Morgan fingerprint density at radius 1 is 0.929 bits per heavy atom. The number of rotatable bonds is 2. The van der Waals surface area contributed by atoms with Crippen molar-refractivity contribution >= 4 is 22.5 Å². The van der Waals surface area contributed by atoms with E-state index in [2.05, 4.69) is 27.4 Å². The number of fused-ring (bicyclic) bond motifs is 1. The van der Waals surface area contributed by atoms with E-state index in [4.69, 9.17) is 0 Å². The Hall–Kier alpha value is -3.98. The first kappa shape index (κ1) is 17.4. The molecule has 0 atom stereocenters. The molecule has 3 aromatic carbocycles. The van der Waals surface area contributed by atoms with Crippen molar-refractivity contribution in [3.8, 4) is 11.8 Å². The van der Waals surface area contributed by atoms with Gasteiger partial charge in [-0.2, -0.15) is 5.10 Å². The summed E-state index contributed by atoms with van der Waals surface area (Å²) in [4.78, 5) is 12.4. The van der Waals surface area contributed by atoms with Crippen molar-refractivity contribution in [1.29, 1.82) is 0 Å². The molecule has 1 heterocycles. The molecule has 0 radical (unpaired) electrons. The summed E-state index contributed by atoms with van der Waals surface area (Å²) in [6, 6.07) is 14.9. The van der Waals surface area contributed by atoms with Crippen LogP contribution in [-0.2, 0) is 0 Å². The first-order valence-corrected chi connectivity index (χ1v) is 8.40. The normalized spacial score (nSPS) is 10.4. The van der Waals surface area contributed by atoms with Gasteiger partial charge >= 0.3 is 0 Å². The molecule has 0 aliphatic rings. The number of anilines is 1. The molecule has 0 bridgehead atoms. The van der Waals surface area contributed by atoms with Crippen LogP contribution >= 0.6 is 0 Å². The average Bonchev–Trinajstić information content (AvgIpc) is 3.17. The fourth-order valence-electron chi connectivity index (χ4n) is 2.67. The maximum Gasteiger partial charge on any atom is 0.258 e. The van der Waals surface area contributed by atoms with Gasteiger partial charge in [0.25, 0.3) is 5.91 Å². The van der Waals surface area contributed by atoms with Crippen LogP contribution in [0.4, 0.5) is 14.5 Å². The first-order chi connectivity index (χ1) is 13.6. The van der Waals surface area contributed by atoms with Crippen LogP contribution in [-0.4, -0.2) is 16.1 Å². The molecule has 0 aliphatic heterocycles. The van der Waals surface area contributed by atoms with E-state index in [1.54, 1.807) is 6.20 Å². The Balaban J connectivity index is 1.58. The Bertz CT molecular complexity index is 1230. The number of hydrogen-bond acceptors (Lipinski definition) is 2. The van der Waals surface area contributed by atoms with Gasteiger partial charge < -0.3 is 5.32 Å². The lowest BCUT2D eigenvalue weighted by molar-refractivity contribution is 0.102. The molecule has 0 spiro atoms. The standard InChI is InChI=1S/C22H13F2N3O/c23-17-5-7-18(8-6-17)26-22(28)19-12-15(3-9-20(19)24)2-1-14-4-10-21-16(11-14)13-25-27-21/h3-13H,(H,25,27)(H,26,28). The highest BCUT2D eigenvalue weighted by Crippen LogP contribution is 2.15. The Morgan fingerprint density at radius 3 is 2.43 bits per heavy atom. The lowest BCUT2D eigenvalue weighted by Gasteiger charge is -2.06. The van der Waals surface area contributed by atoms with Crippen LogP contribution in [0.15, 0.2) is 66.9 Å². The second-order valence-corrected chi connectivity index (χ2v) is 6.08. The summed E-state index contributed by atoms with van der Waals surface area (Å²) < 4.78 is 27.1. The fourth-order valence-corrected chi connectivity index (χ4v) is 2.67. The zero-order chi connectivity index (χ0) is 19.5. The molecule has 1 aromatic heterocycles. The second-order valence-electron chi connectivity index (χ2n) is 6.08. The third-order valence-corrected chi connectivity index (χ3v) is 4.10. The molecular formula is C22H13F2N3O. The van der Waals surface area contributed by atoms with Crippen molar-refractivity contribution in [1.82, 2.24) is 10.2 Å². The van der Waals surface area contributed by atoms with Gasteiger partial charge in [-0.05, 0) is 60.7 Å². The highest BCUT2D eigenvalue weighted by Gasteiger charge is 2.12. The van der Waals surface area contributed by atoms with Crippen LogP contribution in [0.2, 0.25) is 0 Å². The molecule has 6 heteroatoms. The number of carbonyl (C=O) groups is 1. The van der Waals surface area contributed by atoms with Gasteiger partial charge in [0.15, 0.2) is 0 Å². The summed E-state index contributed by atoms with van der Waals surface area (Å²) >= 11 is 0. The summed E-state index contributed by atoms with van der Waals surface area (Å²) in [6.45, 7) is 0. The minimum absolute atomic E-state index is 0.138. The Morgan fingerprint density at radius 2 is 1.64 bits per heavy atom. The number of nitrogens with zero attached hydrogens (tertiary/aromatic N) is 1. The molecule has 4 rings (SSSR count). The molecule has 0 saturated carbocycles. The SMILES string of the molecule is O=C(Nc1ccc(F)cc1)c1cc(C#Cc2ccc3[nH]ncc3c2)ccc1F. The van der Waals surface area contributed by atoms with Gasteiger partial charge in [-0.25, -0.2) is 8.78 Å². The van der Waals surface area contributed by atoms with Crippen molar-refractivity contribution in [3.63, 3.8) is 0 Å². The van der Waals surface area contributed by atoms with Crippen LogP contribution in [0.5, 0.6) is 0 Å². The van der Waals surface area contributed by atoms with E-state index in [1.165, 1.54) is 42.5 Å². The van der Waals surface area contributed by atoms with E-state index >= 15 is 0 Å². The van der Waals surface area contributed by atoms with Gasteiger partial charge in [0.1, 0.15) is 11.6 Å². The molecule has 136 valence electrons. The van der Waals surface area contributed by atoms with Gasteiger partial charge in [0.05, 0.1) is 17.3 Å². The quantitative estimate of drug-likeness (QED) is 0.509. The molecule has 1 amide bonds. The monoisotopic (exact) mass is 373 g/mol. The van der Waals surface area contributed by atoms with Gasteiger partial charge in [0.2, 0.25) is 0 Å². The van der Waals surface area contributed by atoms with Crippen LogP contribution in [0.3, 0.4) is 0 Å². The van der Waals surface area contributed by atoms with Crippen LogP contribution in [0, 0.1) is 23.5 Å². The van der Waals surface area contributed by atoms with Gasteiger partial charge in [0, 0.05) is 22.2 Å². The van der Waals surface area contributed by atoms with Crippen LogP contribution < -0.4 is 5.32 Å². The molecule has 0 unspecified atom stereocenters. The average molecular weight is 373 g/mol. The van der Waals surface area contributed by atoms with Gasteiger partial charge in [-0.3, -0.25) is 9.89 Å². The predicted octanol–water partition coefficient (Wildman–Crippen LogP) is 4.49. The zero-order valence-corrected chi connectivity index (χ0v) is 14.5. The number of halogens is 2. The molecule has 4 aromatic rings. The fraction of sp³-hybridized carbons (Fsp3) is 0. The lowest BCUT2D eigenvalue weighted by Crippen LogP contribution is -2.14. The minimum Gasteiger partial charge on any atom is -0.322 e. The molecule has 0 saturated heterocycles. The van der Waals surface area contributed by atoms with Crippen molar-refractivity contribution in [2.75, 3.05) is 5.32 Å². The molecular weight excluding hydrogens is 360 g/mol.